The third-order valence-corrected chi connectivity index (χ3v) is 5.20. The van der Waals surface area contributed by atoms with Crippen molar-refractivity contribution in [3.05, 3.63) is 46.8 Å². The molecule has 1 aromatic carbocycles. The fraction of sp³-hybridized carbons (Fsp3) is 0.500. The second kappa shape index (κ2) is 5.43. The summed E-state index contributed by atoms with van der Waals surface area (Å²) in [6.45, 7) is 5.33. The molecular formula is C18H23N3O. The van der Waals surface area contributed by atoms with Crippen LogP contribution in [-0.2, 0) is 26.3 Å². The first-order valence-electron chi connectivity index (χ1n) is 8.22. The Morgan fingerprint density at radius 3 is 2.91 bits per heavy atom. The van der Waals surface area contributed by atoms with Crippen LogP contribution < -0.4 is 4.74 Å². The van der Waals surface area contributed by atoms with Crippen molar-refractivity contribution in [2.24, 2.45) is 7.05 Å². The predicted molar refractivity (Wildman–Crippen MR) is 86.2 cm³/mol. The Bertz CT molecular complexity index is 692. The molecule has 2 aliphatic heterocycles. The number of benzene rings is 1. The van der Waals surface area contributed by atoms with Gasteiger partial charge in [0.2, 0.25) is 0 Å². The monoisotopic (exact) mass is 297 g/mol. The summed E-state index contributed by atoms with van der Waals surface area (Å²) in [5, 5.41) is 4.39. The van der Waals surface area contributed by atoms with Gasteiger partial charge >= 0.3 is 0 Å². The SMILES string of the molecule is CC(c1ccc2c(c1)OCC2)N1CCc2cnn(C)c2CC1. The van der Waals surface area contributed by atoms with Crippen LogP contribution in [-0.4, -0.2) is 34.4 Å². The van der Waals surface area contributed by atoms with Crippen LogP contribution in [0.15, 0.2) is 24.4 Å². The smallest absolute Gasteiger partial charge is 0.122 e. The Balaban J connectivity index is 1.52. The number of nitrogens with zero attached hydrogens (tertiary/aromatic N) is 3. The highest BCUT2D eigenvalue weighted by atomic mass is 16.5. The van der Waals surface area contributed by atoms with E-state index in [1.807, 2.05) is 10.9 Å². The van der Waals surface area contributed by atoms with Gasteiger partial charge in [-0.05, 0) is 36.1 Å². The third-order valence-electron chi connectivity index (χ3n) is 5.20. The molecule has 4 rings (SSSR count). The van der Waals surface area contributed by atoms with E-state index in [1.165, 1.54) is 22.4 Å². The Labute approximate surface area is 131 Å². The number of fused-ring (bicyclic) bond motifs is 2. The Hall–Kier alpha value is -1.81. The quantitative estimate of drug-likeness (QED) is 0.853. The molecule has 2 aliphatic rings. The van der Waals surface area contributed by atoms with Gasteiger partial charge in [-0.2, -0.15) is 5.10 Å². The summed E-state index contributed by atoms with van der Waals surface area (Å²) in [7, 11) is 2.05. The number of hydrogen-bond donors (Lipinski definition) is 0. The van der Waals surface area contributed by atoms with Crippen molar-refractivity contribution in [3.8, 4) is 5.75 Å². The highest BCUT2D eigenvalue weighted by molar-refractivity contribution is 5.41. The van der Waals surface area contributed by atoms with E-state index in [1.54, 1.807) is 0 Å². The molecule has 116 valence electrons. The van der Waals surface area contributed by atoms with Crippen molar-refractivity contribution >= 4 is 0 Å². The molecule has 3 heterocycles. The van der Waals surface area contributed by atoms with Gasteiger partial charge in [-0.1, -0.05) is 12.1 Å². The zero-order chi connectivity index (χ0) is 15.1. The van der Waals surface area contributed by atoms with E-state index in [9.17, 15) is 0 Å². The number of hydrogen-bond acceptors (Lipinski definition) is 3. The van der Waals surface area contributed by atoms with E-state index in [0.29, 0.717) is 6.04 Å². The minimum absolute atomic E-state index is 0.428. The summed E-state index contributed by atoms with van der Waals surface area (Å²) < 4.78 is 7.76. The molecule has 4 nitrogen and oxygen atoms in total. The highest BCUT2D eigenvalue weighted by Crippen LogP contribution is 2.31. The summed E-state index contributed by atoms with van der Waals surface area (Å²) in [6, 6.07) is 7.19. The van der Waals surface area contributed by atoms with Gasteiger partial charge in [-0.3, -0.25) is 9.58 Å². The average Bonchev–Trinajstić information content (AvgIpc) is 3.07. The van der Waals surface area contributed by atoms with Crippen LogP contribution in [0, 0.1) is 0 Å². The Morgan fingerprint density at radius 2 is 2.00 bits per heavy atom. The summed E-state index contributed by atoms with van der Waals surface area (Å²) >= 11 is 0. The van der Waals surface area contributed by atoms with Crippen LogP contribution >= 0.6 is 0 Å². The van der Waals surface area contributed by atoms with Crippen LogP contribution in [0.4, 0.5) is 0 Å². The zero-order valence-corrected chi connectivity index (χ0v) is 13.4. The second-order valence-electron chi connectivity index (χ2n) is 6.42. The maximum Gasteiger partial charge on any atom is 0.122 e. The lowest BCUT2D eigenvalue weighted by atomic mass is 10.0. The third kappa shape index (κ3) is 2.31. The highest BCUT2D eigenvalue weighted by Gasteiger charge is 2.23. The van der Waals surface area contributed by atoms with Gasteiger partial charge < -0.3 is 4.74 Å². The van der Waals surface area contributed by atoms with Gasteiger partial charge in [0.15, 0.2) is 0 Å². The molecule has 0 radical (unpaired) electrons. The summed E-state index contributed by atoms with van der Waals surface area (Å²) in [4.78, 5) is 2.58. The molecule has 1 atom stereocenters. The molecule has 0 amide bonds. The predicted octanol–water partition coefficient (Wildman–Crippen LogP) is 2.52. The fourth-order valence-electron chi connectivity index (χ4n) is 3.71. The molecule has 0 saturated carbocycles. The zero-order valence-electron chi connectivity index (χ0n) is 13.4. The number of rotatable bonds is 2. The lowest BCUT2D eigenvalue weighted by molar-refractivity contribution is 0.219. The molecule has 1 aromatic heterocycles. The van der Waals surface area contributed by atoms with Crippen molar-refractivity contribution < 1.29 is 4.74 Å². The molecule has 0 bridgehead atoms. The summed E-state index contributed by atoms with van der Waals surface area (Å²) in [6.07, 6.45) is 5.26. The average molecular weight is 297 g/mol. The molecule has 1 unspecified atom stereocenters. The van der Waals surface area contributed by atoms with E-state index >= 15 is 0 Å². The molecule has 0 fully saturated rings. The first-order valence-corrected chi connectivity index (χ1v) is 8.22. The molecular weight excluding hydrogens is 274 g/mol. The Kier molecular flexibility index (Phi) is 3.41. The Morgan fingerprint density at radius 1 is 1.14 bits per heavy atom. The largest absolute Gasteiger partial charge is 0.493 e. The molecule has 4 heteroatoms. The van der Waals surface area contributed by atoms with Gasteiger partial charge in [0.1, 0.15) is 5.75 Å². The molecule has 2 aromatic rings. The van der Waals surface area contributed by atoms with Gasteiger partial charge in [0.25, 0.3) is 0 Å². The maximum atomic E-state index is 5.73. The second-order valence-corrected chi connectivity index (χ2v) is 6.42. The van der Waals surface area contributed by atoms with Gasteiger partial charge in [0, 0.05) is 44.7 Å². The van der Waals surface area contributed by atoms with Crippen molar-refractivity contribution in [2.75, 3.05) is 19.7 Å². The minimum atomic E-state index is 0.428. The van der Waals surface area contributed by atoms with Gasteiger partial charge in [-0.25, -0.2) is 0 Å². The van der Waals surface area contributed by atoms with Crippen molar-refractivity contribution in [1.82, 2.24) is 14.7 Å². The molecule has 0 N–H and O–H groups in total. The van der Waals surface area contributed by atoms with Crippen LogP contribution in [0.1, 0.15) is 35.3 Å². The molecule has 0 aliphatic carbocycles. The molecule has 0 saturated heterocycles. The summed E-state index contributed by atoms with van der Waals surface area (Å²) in [5.41, 5.74) is 5.52. The van der Waals surface area contributed by atoms with Crippen LogP contribution in [0.5, 0.6) is 5.75 Å². The lowest BCUT2D eigenvalue weighted by Crippen LogP contribution is -2.29. The number of aromatic nitrogens is 2. The van der Waals surface area contributed by atoms with Gasteiger partial charge in [-0.15, -0.1) is 0 Å². The van der Waals surface area contributed by atoms with Gasteiger partial charge in [0.05, 0.1) is 12.8 Å². The number of aryl methyl sites for hydroxylation is 1. The molecule has 0 spiro atoms. The van der Waals surface area contributed by atoms with E-state index in [0.717, 1.165) is 44.7 Å². The first kappa shape index (κ1) is 13.8. The maximum absolute atomic E-state index is 5.73. The number of ether oxygens (including phenoxy) is 1. The van der Waals surface area contributed by atoms with E-state index in [4.69, 9.17) is 4.74 Å². The van der Waals surface area contributed by atoms with Crippen LogP contribution in [0.25, 0.3) is 0 Å². The standard InChI is InChI=1S/C18H23N3O/c1-13(15-4-3-14-7-10-22-18(14)11-15)21-8-5-16-12-19-20(2)17(16)6-9-21/h3-4,11-13H,5-10H2,1-2H3. The van der Waals surface area contributed by atoms with Crippen molar-refractivity contribution in [3.63, 3.8) is 0 Å². The van der Waals surface area contributed by atoms with E-state index in [-0.39, 0.29) is 0 Å². The van der Waals surface area contributed by atoms with Crippen LogP contribution in [0.3, 0.4) is 0 Å². The van der Waals surface area contributed by atoms with Crippen molar-refractivity contribution in [1.29, 1.82) is 0 Å². The normalized spacial score (nSPS) is 19.2. The van der Waals surface area contributed by atoms with Crippen molar-refractivity contribution in [2.45, 2.75) is 32.2 Å². The van der Waals surface area contributed by atoms with E-state index < -0.39 is 0 Å². The topological polar surface area (TPSA) is 30.3 Å². The van der Waals surface area contributed by atoms with Crippen LogP contribution in [0.2, 0.25) is 0 Å². The minimum Gasteiger partial charge on any atom is -0.493 e. The van der Waals surface area contributed by atoms with E-state index in [2.05, 4.69) is 42.2 Å². The fourth-order valence-corrected chi connectivity index (χ4v) is 3.71. The molecule has 22 heavy (non-hydrogen) atoms. The lowest BCUT2D eigenvalue weighted by Gasteiger charge is -2.28. The summed E-state index contributed by atoms with van der Waals surface area (Å²) in [5.74, 6) is 1.09. The first-order chi connectivity index (χ1) is 10.7.